The third-order valence-corrected chi connectivity index (χ3v) is 1.19. The predicted octanol–water partition coefficient (Wildman–Crippen LogP) is 0.414. The van der Waals surface area contributed by atoms with E-state index in [1.165, 1.54) is 0 Å². The molecule has 0 amide bonds. The van der Waals surface area contributed by atoms with Gasteiger partial charge in [0.05, 0.1) is 6.10 Å². The van der Waals surface area contributed by atoms with Crippen molar-refractivity contribution in [3.63, 3.8) is 0 Å². The Kier molecular flexibility index (Phi) is 1.53. The summed E-state index contributed by atoms with van der Waals surface area (Å²) in [4.78, 5) is 9.90. The molecule has 1 aliphatic heterocycles. The molecular weight excluding hydrogens is 120 g/mol. The van der Waals surface area contributed by atoms with Crippen LogP contribution in [-0.2, 0) is 9.53 Å². The zero-order chi connectivity index (χ0) is 6.85. The van der Waals surface area contributed by atoms with Crippen LogP contribution in [0.2, 0.25) is 0 Å². The van der Waals surface area contributed by atoms with Crippen LogP contribution in [0.5, 0.6) is 0 Å². The van der Waals surface area contributed by atoms with Gasteiger partial charge in [0, 0.05) is 6.08 Å². The number of hydrogen-bond acceptors (Lipinski definition) is 2. The maximum atomic E-state index is 9.90. The van der Waals surface area contributed by atoms with Crippen molar-refractivity contribution in [2.24, 2.45) is 0 Å². The zero-order valence-electron chi connectivity index (χ0n) is 5.07. The molecule has 1 heterocycles. The van der Waals surface area contributed by atoms with Crippen molar-refractivity contribution >= 4 is 5.97 Å². The maximum absolute atomic E-state index is 9.90. The topological polar surface area (TPSA) is 49.8 Å². The van der Waals surface area contributed by atoms with Crippen LogP contribution < -0.4 is 0 Å². The van der Waals surface area contributed by atoms with Gasteiger partial charge in [-0.25, -0.2) is 4.79 Å². The average Bonchev–Trinajstić information content (AvgIpc) is 2.42. The lowest BCUT2D eigenvalue weighted by Crippen LogP contribution is -1.89. The first-order chi connectivity index (χ1) is 4.20. The van der Waals surface area contributed by atoms with Crippen LogP contribution >= 0.6 is 0 Å². The lowest BCUT2D eigenvalue weighted by Gasteiger charge is -1.75. The summed E-state index contributed by atoms with van der Waals surface area (Å²) in [5.74, 6) is -0.919. The Balaban J connectivity index is 2.25. The fourth-order valence-corrected chi connectivity index (χ4v) is 0.581. The summed E-state index contributed by atoms with van der Waals surface area (Å²) in [7, 11) is 0. The molecule has 2 atom stereocenters. The second-order valence-electron chi connectivity index (χ2n) is 2.00. The van der Waals surface area contributed by atoms with E-state index in [-0.39, 0.29) is 12.2 Å². The van der Waals surface area contributed by atoms with Gasteiger partial charge in [-0.1, -0.05) is 0 Å². The van der Waals surface area contributed by atoms with E-state index in [0.717, 1.165) is 6.08 Å². The van der Waals surface area contributed by atoms with E-state index in [9.17, 15) is 4.79 Å². The first-order valence-corrected chi connectivity index (χ1v) is 2.77. The number of carboxylic acids is 1. The molecule has 50 valence electrons. The number of ether oxygens (including phenoxy) is 1. The Morgan fingerprint density at radius 1 is 1.78 bits per heavy atom. The van der Waals surface area contributed by atoms with Gasteiger partial charge < -0.3 is 9.84 Å². The number of carbonyl (C=O) groups is 1. The molecule has 3 heteroatoms. The molecule has 0 aromatic carbocycles. The van der Waals surface area contributed by atoms with Crippen LogP contribution in [0, 0.1) is 0 Å². The predicted molar refractivity (Wildman–Crippen MR) is 31.1 cm³/mol. The number of rotatable bonds is 2. The third kappa shape index (κ3) is 1.85. The number of hydrogen-bond donors (Lipinski definition) is 1. The Morgan fingerprint density at radius 3 is 2.67 bits per heavy atom. The molecule has 1 rings (SSSR count). The van der Waals surface area contributed by atoms with E-state index in [4.69, 9.17) is 9.84 Å². The summed E-state index contributed by atoms with van der Waals surface area (Å²) in [6.07, 6.45) is 2.91. The molecule has 1 fully saturated rings. The number of aliphatic carboxylic acids is 1. The normalized spacial score (nSPS) is 33.0. The minimum Gasteiger partial charge on any atom is -0.478 e. The molecule has 1 saturated heterocycles. The average molecular weight is 128 g/mol. The van der Waals surface area contributed by atoms with Gasteiger partial charge in [0.25, 0.3) is 0 Å². The van der Waals surface area contributed by atoms with Crippen LogP contribution in [0.1, 0.15) is 6.92 Å². The maximum Gasteiger partial charge on any atom is 0.328 e. The highest BCUT2D eigenvalue weighted by Crippen LogP contribution is 2.21. The summed E-state index contributed by atoms with van der Waals surface area (Å²) in [5.41, 5.74) is 0. The largest absolute Gasteiger partial charge is 0.478 e. The molecule has 0 aromatic rings. The summed E-state index contributed by atoms with van der Waals surface area (Å²) in [6, 6.07) is 0. The van der Waals surface area contributed by atoms with Crippen LogP contribution in [0.4, 0.5) is 0 Å². The van der Waals surface area contributed by atoms with Crippen LogP contribution in [0.3, 0.4) is 0 Å². The highest BCUT2D eigenvalue weighted by molar-refractivity contribution is 5.79. The van der Waals surface area contributed by atoms with E-state index in [1.807, 2.05) is 6.92 Å². The molecule has 0 radical (unpaired) electrons. The Morgan fingerprint density at radius 2 is 2.33 bits per heavy atom. The lowest BCUT2D eigenvalue weighted by atomic mass is 10.3. The summed E-state index contributed by atoms with van der Waals surface area (Å²) < 4.78 is 4.92. The van der Waals surface area contributed by atoms with Gasteiger partial charge >= 0.3 is 5.97 Å². The number of carboxylic acid groups (broad SMARTS) is 1. The van der Waals surface area contributed by atoms with Gasteiger partial charge in [0.2, 0.25) is 0 Å². The fraction of sp³-hybridized carbons (Fsp3) is 0.500. The second kappa shape index (κ2) is 2.19. The fourth-order valence-electron chi connectivity index (χ4n) is 0.581. The van der Waals surface area contributed by atoms with Crippen molar-refractivity contribution in [1.29, 1.82) is 0 Å². The van der Waals surface area contributed by atoms with Gasteiger partial charge in [-0.3, -0.25) is 0 Å². The van der Waals surface area contributed by atoms with Gasteiger partial charge in [-0.05, 0) is 13.0 Å². The Labute approximate surface area is 52.9 Å². The minimum atomic E-state index is -0.919. The van der Waals surface area contributed by atoms with E-state index in [2.05, 4.69) is 0 Å². The second-order valence-corrected chi connectivity index (χ2v) is 2.00. The van der Waals surface area contributed by atoms with Crippen LogP contribution in [-0.4, -0.2) is 23.3 Å². The first kappa shape index (κ1) is 6.29. The van der Waals surface area contributed by atoms with Gasteiger partial charge in [0.15, 0.2) is 0 Å². The summed E-state index contributed by atoms with van der Waals surface area (Å²) >= 11 is 0. The molecule has 0 bridgehead atoms. The molecular formula is C6H8O3. The quantitative estimate of drug-likeness (QED) is 0.433. The highest BCUT2D eigenvalue weighted by Gasteiger charge is 2.31. The van der Waals surface area contributed by atoms with Crippen molar-refractivity contribution in [2.75, 3.05) is 0 Å². The SMILES string of the molecule is C[C@@H]1O[C@@H]1/C=C/C(=O)O. The molecule has 0 aliphatic carbocycles. The Bertz CT molecular complexity index is 150. The van der Waals surface area contributed by atoms with Crippen molar-refractivity contribution < 1.29 is 14.6 Å². The van der Waals surface area contributed by atoms with E-state index < -0.39 is 5.97 Å². The molecule has 9 heavy (non-hydrogen) atoms. The van der Waals surface area contributed by atoms with Crippen molar-refractivity contribution in [3.8, 4) is 0 Å². The molecule has 0 spiro atoms. The molecule has 1 N–H and O–H groups in total. The van der Waals surface area contributed by atoms with Crippen molar-refractivity contribution in [2.45, 2.75) is 19.1 Å². The zero-order valence-corrected chi connectivity index (χ0v) is 5.07. The van der Waals surface area contributed by atoms with Gasteiger partial charge in [0.1, 0.15) is 6.10 Å². The molecule has 0 aromatic heterocycles. The first-order valence-electron chi connectivity index (χ1n) is 2.77. The highest BCUT2D eigenvalue weighted by atomic mass is 16.6. The minimum absolute atomic E-state index is 0.0427. The van der Waals surface area contributed by atoms with Crippen LogP contribution in [0.15, 0.2) is 12.2 Å². The van der Waals surface area contributed by atoms with E-state index in [1.54, 1.807) is 6.08 Å². The molecule has 1 aliphatic rings. The molecule has 3 nitrogen and oxygen atoms in total. The van der Waals surface area contributed by atoms with Gasteiger partial charge in [-0.2, -0.15) is 0 Å². The van der Waals surface area contributed by atoms with E-state index >= 15 is 0 Å². The van der Waals surface area contributed by atoms with Crippen molar-refractivity contribution in [1.82, 2.24) is 0 Å². The Hall–Kier alpha value is -0.830. The third-order valence-electron chi connectivity index (χ3n) is 1.19. The smallest absolute Gasteiger partial charge is 0.328 e. The summed E-state index contributed by atoms with van der Waals surface area (Å²) in [5, 5.41) is 8.13. The summed E-state index contributed by atoms with van der Waals surface area (Å²) in [6.45, 7) is 1.90. The molecule has 0 saturated carbocycles. The number of epoxide rings is 1. The van der Waals surface area contributed by atoms with E-state index in [0.29, 0.717) is 0 Å². The molecule has 0 unspecified atom stereocenters. The van der Waals surface area contributed by atoms with Crippen molar-refractivity contribution in [3.05, 3.63) is 12.2 Å². The lowest BCUT2D eigenvalue weighted by molar-refractivity contribution is -0.131. The van der Waals surface area contributed by atoms with Gasteiger partial charge in [-0.15, -0.1) is 0 Å². The standard InChI is InChI=1S/C6H8O3/c1-4-5(9-4)2-3-6(7)8/h2-5H,1H3,(H,7,8)/b3-2+/t4-,5+/m0/s1. The monoisotopic (exact) mass is 128 g/mol. The van der Waals surface area contributed by atoms with Crippen LogP contribution in [0.25, 0.3) is 0 Å².